The van der Waals surface area contributed by atoms with Crippen molar-refractivity contribution in [3.63, 3.8) is 0 Å². The summed E-state index contributed by atoms with van der Waals surface area (Å²) < 4.78 is 25.3. The highest BCUT2D eigenvalue weighted by molar-refractivity contribution is 5.19. The highest BCUT2D eigenvalue weighted by atomic mass is 19.1. The molecule has 13 heavy (non-hydrogen) atoms. The zero-order chi connectivity index (χ0) is 9.84. The van der Waals surface area contributed by atoms with Crippen LogP contribution in [0.25, 0.3) is 0 Å². The van der Waals surface area contributed by atoms with Gasteiger partial charge in [-0.05, 0) is 0 Å². The minimum atomic E-state index is -1.04. The molecule has 0 fully saturated rings. The first-order valence-electron chi connectivity index (χ1n) is 3.50. The molecule has 0 spiro atoms. The van der Waals surface area contributed by atoms with Crippen molar-refractivity contribution in [2.24, 2.45) is 0 Å². The number of pyridine rings is 1. The standard InChI is InChI=1S/C8H6F2N2O/c9-6-1-7(10)8(12-3-6)5(2-11)4-13/h1,3,5,13H,4H2. The Bertz CT molecular complexity index is 348. The molecule has 0 aliphatic heterocycles. The van der Waals surface area contributed by atoms with Crippen molar-refractivity contribution in [3.8, 4) is 6.07 Å². The Hall–Kier alpha value is -1.54. The molecule has 5 heteroatoms. The molecule has 1 rings (SSSR count). The number of aromatic nitrogens is 1. The average molecular weight is 184 g/mol. The summed E-state index contributed by atoms with van der Waals surface area (Å²) in [4.78, 5) is 3.39. The molecule has 0 aliphatic rings. The molecule has 1 aromatic rings. The monoisotopic (exact) mass is 184 g/mol. The van der Waals surface area contributed by atoms with Crippen LogP contribution >= 0.6 is 0 Å². The van der Waals surface area contributed by atoms with Crippen molar-refractivity contribution in [2.75, 3.05) is 6.61 Å². The van der Waals surface area contributed by atoms with E-state index in [2.05, 4.69) is 4.98 Å². The van der Waals surface area contributed by atoms with Crippen LogP contribution in [0.15, 0.2) is 12.3 Å². The van der Waals surface area contributed by atoms with Gasteiger partial charge < -0.3 is 5.11 Å². The number of nitriles is 1. The summed E-state index contributed by atoms with van der Waals surface area (Å²) in [5.74, 6) is -2.77. The molecule has 0 amide bonds. The second-order valence-corrected chi connectivity index (χ2v) is 2.38. The van der Waals surface area contributed by atoms with Gasteiger partial charge in [-0.15, -0.1) is 0 Å². The van der Waals surface area contributed by atoms with Gasteiger partial charge in [-0.3, -0.25) is 4.98 Å². The summed E-state index contributed by atoms with van der Waals surface area (Å²) in [7, 11) is 0. The molecule has 3 nitrogen and oxygen atoms in total. The maximum absolute atomic E-state index is 12.9. The van der Waals surface area contributed by atoms with Crippen LogP contribution in [0.1, 0.15) is 11.6 Å². The molecular formula is C8H6F2N2O. The Kier molecular flexibility index (Phi) is 2.88. The van der Waals surface area contributed by atoms with Crippen molar-refractivity contribution >= 4 is 0 Å². The molecule has 0 aliphatic carbocycles. The van der Waals surface area contributed by atoms with Crippen molar-refractivity contribution < 1.29 is 13.9 Å². The van der Waals surface area contributed by atoms with Crippen molar-refractivity contribution in [1.29, 1.82) is 5.26 Å². The van der Waals surface area contributed by atoms with E-state index < -0.39 is 24.2 Å². The Morgan fingerprint density at radius 1 is 1.62 bits per heavy atom. The number of aliphatic hydroxyl groups excluding tert-OH is 1. The maximum atomic E-state index is 12.9. The second-order valence-electron chi connectivity index (χ2n) is 2.38. The normalized spacial score (nSPS) is 12.2. The van der Waals surface area contributed by atoms with Gasteiger partial charge in [0.05, 0.1) is 24.6 Å². The Labute approximate surface area is 73.3 Å². The largest absolute Gasteiger partial charge is 0.395 e. The Morgan fingerprint density at radius 3 is 2.77 bits per heavy atom. The van der Waals surface area contributed by atoms with Crippen LogP contribution in [-0.2, 0) is 0 Å². The highest BCUT2D eigenvalue weighted by Gasteiger charge is 2.16. The molecular weight excluding hydrogens is 178 g/mol. The number of hydrogen-bond acceptors (Lipinski definition) is 3. The minimum absolute atomic E-state index is 0.230. The van der Waals surface area contributed by atoms with Crippen LogP contribution in [0.3, 0.4) is 0 Å². The summed E-state index contributed by atoms with van der Waals surface area (Å²) in [6.45, 7) is -0.536. The van der Waals surface area contributed by atoms with E-state index in [-0.39, 0.29) is 5.69 Å². The molecule has 0 radical (unpaired) electrons. The van der Waals surface area contributed by atoms with Gasteiger partial charge in [0.1, 0.15) is 17.6 Å². The molecule has 0 saturated heterocycles. The zero-order valence-corrected chi connectivity index (χ0v) is 6.54. The number of aliphatic hydroxyl groups is 1. The molecule has 0 bridgehead atoms. The van der Waals surface area contributed by atoms with Gasteiger partial charge in [-0.2, -0.15) is 5.26 Å². The third-order valence-corrected chi connectivity index (χ3v) is 1.50. The lowest BCUT2D eigenvalue weighted by Gasteiger charge is -2.04. The van der Waals surface area contributed by atoms with E-state index in [0.717, 1.165) is 6.20 Å². The molecule has 1 heterocycles. The molecule has 1 atom stereocenters. The fourth-order valence-corrected chi connectivity index (χ4v) is 0.870. The van der Waals surface area contributed by atoms with Crippen LogP contribution in [0, 0.1) is 23.0 Å². The third kappa shape index (κ3) is 1.98. The van der Waals surface area contributed by atoms with Gasteiger partial charge in [0.15, 0.2) is 0 Å². The van der Waals surface area contributed by atoms with Gasteiger partial charge in [0.2, 0.25) is 0 Å². The number of hydrogen-bond donors (Lipinski definition) is 1. The summed E-state index contributed by atoms with van der Waals surface area (Å²) in [6.07, 6.45) is 0.804. The summed E-state index contributed by atoms with van der Waals surface area (Å²) in [5.41, 5.74) is -0.230. The first-order chi connectivity index (χ1) is 6.19. The van der Waals surface area contributed by atoms with Gasteiger partial charge >= 0.3 is 0 Å². The minimum Gasteiger partial charge on any atom is -0.395 e. The number of halogens is 2. The lowest BCUT2D eigenvalue weighted by Crippen LogP contribution is -2.06. The highest BCUT2D eigenvalue weighted by Crippen LogP contribution is 2.15. The van der Waals surface area contributed by atoms with E-state index in [4.69, 9.17) is 10.4 Å². The number of nitrogens with zero attached hydrogens (tertiary/aromatic N) is 2. The van der Waals surface area contributed by atoms with E-state index in [1.54, 1.807) is 6.07 Å². The lowest BCUT2D eigenvalue weighted by atomic mass is 10.1. The van der Waals surface area contributed by atoms with Crippen LogP contribution in [0.5, 0.6) is 0 Å². The lowest BCUT2D eigenvalue weighted by molar-refractivity contribution is 0.281. The summed E-state index contributed by atoms with van der Waals surface area (Å²) in [6, 6.07) is 2.28. The van der Waals surface area contributed by atoms with Crippen molar-refractivity contribution in [3.05, 3.63) is 29.6 Å². The number of rotatable bonds is 2. The molecule has 0 saturated carbocycles. The molecule has 1 N–H and O–H groups in total. The fourth-order valence-electron chi connectivity index (χ4n) is 0.870. The van der Waals surface area contributed by atoms with E-state index in [9.17, 15) is 8.78 Å². The SMILES string of the molecule is N#CC(CO)c1ncc(F)cc1F. The van der Waals surface area contributed by atoms with E-state index >= 15 is 0 Å². The van der Waals surface area contributed by atoms with Crippen LogP contribution in [0.2, 0.25) is 0 Å². The van der Waals surface area contributed by atoms with Gasteiger partial charge in [0, 0.05) is 6.07 Å². The van der Waals surface area contributed by atoms with Crippen LogP contribution in [-0.4, -0.2) is 16.7 Å². The van der Waals surface area contributed by atoms with E-state index in [0.29, 0.717) is 6.07 Å². The average Bonchev–Trinajstić information content (AvgIpc) is 2.10. The maximum Gasteiger partial charge on any atom is 0.149 e. The van der Waals surface area contributed by atoms with Crippen molar-refractivity contribution in [2.45, 2.75) is 5.92 Å². The predicted octanol–water partition coefficient (Wildman–Crippen LogP) is 0.959. The molecule has 68 valence electrons. The topological polar surface area (TPSA) is 56.9 Å². The summed E-state index contributed by atoms with van der Waals surface area (Å²) >= 11 is 0. The van der Waals surface area contributed by atoms with Crippen LogP contribution in [0.4, 0.5) is 8.78 Å². The fraction of sp³-hybridized carbons (Fsp3) is 0.250. The third-order valence-electron chi connectivity index (χ3n) is 1.50. The molecule has 1 aromatic heterocycles. The Balaban J connectivity index is 3.09. The first kappa shape index (κ1) is 9.55. The van der Waals surface area contributed by atoms with E-state index in [1.807, 2.05) is 0 Å². The van der Waals surface area contributed by atoms with Crippen LogP contribution < -0.4 is 0 Å². The molecule has 1 unspecified atom stereocenters. The van der Waals surface area contributed by atoms with E-state index in [1.165, 1.54) is 0 Å². The van der Waals surface area contributed by atoms with Gasteiger partial charge in [-0.25, -0.2) is 8.78 Å². The van der Waals surface area contributed by atoms with Gasteiger partial charge in [0.25, 0.3) is 0 Å². The molecule has 0 aromatic carbocycles. The second kappa shape index (κ2) is 3.92. The first-order valence-corrected chi connectivity index (χ1v) is 3.50. The zero-order valence-electron chi connectivity index (χ0n) is 6.54. The van der Waals surface area contributed by atoms with Crippen molar-refractivity contribution in [1.82, 2.24) is 4.98 Å². The Morgan fingerprint density at radius 2 is 2.31 bits per heavy atom. The summed E-state index contributed by atoms with van der Waals surface area (Å²) in [5, 5.41) is 17.1. The van der Waals surface area contributed by atoms with Gasteiger partial charge in [-0.1, -0.05) is 0 Å². The predicted molar refractivity (Wildman–Crippen MR) is 39.6 cm³/mol. The smallest absolute Gasteiger partial charge is 0.149 e. The quantitative estimate of drug-likeness (QED) is 0.744.